The van der Waals surface area contributed by atoms with Crippen molar-refractivity contribution in [2.45, 2.75) is 39.5 Å². The third-order valence-electron chi connectivity index (χ3n) is 4.94. The number of hydrogen-bond donors (Lipinski definition) is 3. The minimum atomic E-state index is -0.0589. The molecule has 0 spiro atoms. The van der Waals surface area contributed by atoms with E-state index in [1.165, 1.54) is 23.6 Å². The van der Waals surface area contributed by atoms with Crippen molar-refractivity contribution in [3.8, 4) is 0 Å². The van der Waals surface area contributed by atoms with Crippen LogP contribution in [0.5, 0.6) is 0 Å². The molecule has 0 atom stereocenters. The number of nitrogens with one attached hydrogen (secondary N) is 1. The standard InChI is InChI=1S/C21H26N2O3/c1-15(26)22-21-4-2-16(3-5-21)6-8-23-9-7-17-10-19(13-24)20(14-25)11-18(17)12-23/h2-5,10-11,24-25H,6-9,12-14H2,1H3,(H,22,26). The molecule has 0 fully saturated rings. The van der Waals surface area contributed by atoms with Gasteiger partial charge in [-0.1, -0.05) is 24.3 Å². The average molecular weight is 354 g/mol. The van der Waals surface area contributed by atoms with Crippen LogP contribution in [0.3, 0.4) is 0 Å². The third kappa shape index (κ3) is 4.49. The van der Waals surface area contributed by atoms with Gasteiger partial charge in [0.05, 0.1) is 13.2 Å². The number of nitrogens with zero attached hydrogens (tertiary/aromatic N) is 1. The molecule has 0 unspecified atom stereocenters. The molecule has 0 bridgehead atoms. The Hall–Kier alpha value is -2.21. The molecule has 5 nitrogen and oxygen atoms in total. The molecule has 5 heteroatoms. The Morgan fingerprint density at radius 3 is 2.35 bits per heavy atom. The SMILES string of the molecule is CC(=O)Nc1ccc(CCN2CCc3cc(CO)c(CO)cc3C2)cc1. The number of fused-ring (bicyclic) bond motifs is 1. The van der Waals surface area contributed by atoms with Crippen LogP contribution in [0.1, 0.15) is 34.7 Å². The molecular formula is C21H26N2O3. The Labute approximate surface area is 154 Å². The summed E-state index contributed by atoms with van der Waals surface area (Å²) in [7, 11) is 0. The Balaban J connectivity index is 1.60. The topological polar surface area (TPSA) is 72.8 Å². The van der Waals surface area contributed by atoms with E-state index in [1.54, 1.807) is 0 Å². The van der Waals surface area contributed by atoms with Crippen molar-refractivity contribution < 1.29 is 15.0 Å². The second kappa shape index (κ2) is 8.45. The van der Waals surface area contributed by atoms with Gasteiger partial charge >= 0.3 is 0 Å². The van der Waals surface area contributed by atoms with Crippen LogP contribution < -0.4 is 5.32 Å². The van der Waals surface area contributed by atoms with E-state index in [0.29, 0.717) is 0 Å². The van der Waals surface area contributed by atoms with Gasteiger partial charge < -0.3 is 15.5 Å². The van der Waals surface area contributed by atoms with E-state index in [-0.39, 0.29) is 19.1 Å². The van der Waals surface area contributed by atoms with Gasteiger partial charge in [0.1, 0.15) is 0 Å². The summed E-state index contributed by atoms with van der Waals surface area (Å²) in [5, 5.41) is 21.7. The van der Waals surface area contributed by atoms with Crippen LogP contribution in [0.15, 0.2) is 36.4 Å². The summed E-state index contributed by atoms with van der Waals surface area (Å²) in [5.41, 5.74) is 6.25. The monoisotopic (exact) mass is 354 g/mol. The molecule has 26 heavy (non-hydrogen) atoms. The summed E-state index contributed by atoms with van der Waals surface area (Å²) >= 11 is 0. The zero-order valence-corrected chi connectivity index (χ0v) is 15.2. The van der Waals surface area contributed by atoms with Crippen LogP contribution in [0.2, 0.25) is 0 Å². The van der Waals surface area contributed by atoms with E-state index >= 15 is 0 Å². The van der Waals surface area contributed by atoms with Crippen LogP contribution in [-0.2, 0) is 37.4 Å². The maximum absolute atomic E-state index is 11.1. The maximum atomic E-state index is 11.1. The van der Waals surface area contributed by atoms with Crippen molar-refractivity contribution in [1.82, 2.24) is 4.90 Å². The molecule has 1 amide bonds. The molecule has 0 radical (unpaired) electrons. The zero-order valence-electron chi connectivity index (χ0n) is 15.2. The first-order valence-electron chi connectivity index (χ1n) is 9.03. The number of aliphatic hydroxyl groups is 2. The summed E-state index contributed by atoms with van der Waals surface area (Å²) in [4.78, 5) is 13.5. The van der Waals surface area contributed by atoms with E-state index in [4.69, 9.17) is 0 Å². The van der Waals surface area contributed by atoms with E-state index in [9.17, 15) is 15.0 Å². The summed E-state index contributed by atoms with van der Waals surface area (Å²) < 4.78 is 0. The molecule has 0 saturated carbocycles. The predicted molar refractivity (Wildman–Crippen MR) is 102 cm³/mol. The van der Waals surface area contributed by atoms with E-state index < -0.39 is 0 Å². The average Bonchev–Trinajstić information content (AvgIpc) is 2.65. The number of carbonyl (C=O) groups is 1. The number of benzene rings is 2. The minimum Gasteiger partial charge on any atom is -0.392 e. The van der Waals surface area contributed by atoms with Crippen molar-refractivity contribution >= 4 is 11.6 Å². The predicted octanol–water partition coefficient (Wildman–Crippen LogP) is 2.23. The molecule has 0 aliphatic carbocycles. The van der Waals surface area contributed by atoms with Gasteiger partial charge in [-0.2, -0.15) is 0 Å². The van der Waals surface area contributed by atoms with Gasteiger partial charge in [0.15, 0.2) is 0 Å². The lowest BCUT2D eigenvalue weighted by Crippen LogP contribution is -2.32. The van der Waals surface area contributed by atoms with Gasteiger partial charge in [0.2, 0.25) is 5.91 Å². The Morgan fingerprint density at radius 1 is 1.08 bits per heavy atom. The lowest BCUT2D eigenvalue weighted by Gasteiger charge is -2.29. The molecule has 3 N–H and O–H groups in total. The lowest BCUT2D eigenvalue weighted by molar-refractivity contribution is -0.114. The highest BCUT2D eigenvalue weighted by Gasteiger charge is 2.18. The summed E-state index contributed by atoms with van der Waals surface area (Å²) in [6.07, 6.45) is 1.92. The largest absolute Gasteiger partial charge is 0.392 e. The smallest absolute Gasteiger partial charge is 0.221 e. The molecule has 138 valence electrons. The summed E-state index contributed by atoms with van der Waals surface area (Å²) in [6.45, 7) is 4.28. The Bertz CT molecular complexity index is 772. The number of carbonyl (C=O) groups excluding carboxylic acids is 1. The van der Waals surface area contributed by atoms with Gasteiger partial charge in [-0.05, 0) is 52.8 Å². The van der Waals surface area contributed by atoms with Crippen molar-refractivity contribution in [3.63, 3.8) is 0 Å². The number of amides is 1. The van der Waals surface area contributed by atoms with E-state index in [1.807, 2.05) is 24.3 Å². The first kappa shape index (κ1) is 18.6. The zero-order chi connectivity index (χ0) is 18.5. The summed E-state index contributed by atoms with van der Waals surface area (Å²) in [6, 6.07) is 12.1. The van der Waals surface area contributed by atoms with Gasteiger partial charge in [-0.25, -0.2) is 0 Å². The van der Waals surface area contributed by atoms with Crippen LogP contribution in [-0.4, -0.2) is 34.1 Å². The van der Waals surface area contributed by atoms with Crippen LogP contribution in [0.25, 0.3) is 0 Å². The van der Waals surface area contributed by atoms with Crippen molar-refractivity contribution in [2.24, 2.45) is 0 Å². The first-order chi connectivity index (χ1) is 12.6. The highest BCUT2D eigenvalue weighted by Crippen LogP contribution is 2.24. The molecule has 1 heterocycles. The van der Waals surface area contributed by atoms with Crippen LogP contribution >= 0.6 is 0 Å². The minimum absolute atomic E-state index is 0.0264. The van der Waals surface area contributed by atoms with Gasteiger partial charge in [0, 0.05) is 32.2 Å². The van der Waals surface area contributed by atoms with Gasteiger partial charge in [-0.3, -0.25) is 9.69 Å². The first-order valence-corrected chi connectivity index (χ1v) is 9.03. The second-order valence-corrected chi connectivity index (χ2v) is 6.86. The van der Waals surface area contributed by atoms with Crippen molar-refractivity contribution in [3.05, 3.63) is 64.2 Å². The van der Waals surface area contributed by atoms with Crippen LogP contribution in [0.4, 0.5) is 5.69 Å². The molecule has 2 aromatic rings. The highest BCUT2D eigenvalue weighted by atomic mass is 16.3. The van der Waals surface area contributed by atoms with Gasteiger partial charge in [-0.15, -0.1) is 0 Å². The fraction of sp³-hybridized carbons (Fsp3) is 0.381. The van der Waals surface area contributed by atoms with Gasteiger partial charge in [0.25, 0.3) is 0 Å². The fourth-order valence-electron chi connectivity index (χ4n) is 3.50. The van der Waals surface area contributed by atoms with Crippen LogP contribution in [0, 0.1) is 0 Å². The number of aliphatic hydroxyl groups excluding tert-OH is 2. The Kier molecular flexibility index (Phi) is 6.04. The van der Waals surface area contributed by atoms with Crippen molar-refractivity contribution in [1.29, 1.82) is 0 Å². The quantitative estimate of drug-likeness (QED) is 0.744. The molecule has 2 aromatic carbocycles. The summed E-state index contributed by atoms with van der Waals surface area (Å²) in [5.74, 6) is -0.0589. The van der Waals surface area contributed by atoms with E-state index in [0.717, 1.165) is 49.3 Å². The number of rotatable bonds is 6. The molecule has 3 rings (SSSR count). The molecular weight excluding hydrogens is 328 g/mol. The molecule has 1 aliphatic rings. The second-order valence-electron chi connectivity index (χ2n) is 6.86. The molecule has 0 saturated heterocycles. The Morgan fingerprint density at radius 2 is 1.73 bits per heavy atom. The number of anilines is 1. The fourth-order valence-corrected chi connectivity index (χ4v) is 3.50. The third-order valence-corrected chi connectivity index (χ3v) is 4.94. The normalized spacial score (nSPS) is 14.1. The lowest BCUT2D eigenvalue weighted by atomic mass is 9.93. The van der Waals surface area contributed by atoms with Crippen molar-refractivity contribution in [2.75, 3.05) is 18.4 Å². The molecule has 1 aliphatic heterocycles. The molecule has 0 aromatic heterocycles. The van der Waals surface area contributed by atoms with E-state index in [2.05, 4.69) is 22.3 Å². The number of hydrogen-bond acceptors (Lipinski definition) is 4. The maximum Gasteiger partial charge on any atom is 0.221 e. The highest BCUT2D eigenvalue weighted by molar-refractivity contribution is 5.88.